The fraction of sp³-hybridized carbons (Fsp3) is 0.389. The molecule has 0 bridgehead atoms. The Kier molecular flexibility index (Phi) is 3.89. The second kappa shape index (κ2) is 6.09. The largest absolute Gasteiger partial charge is 0.324 e. The van der Waals surface area contributed by atoms with Crippen molar-refractivity contribution in [1.29, 1.82) is 0 Å². The maximum absolute atomic E-state index is 6.11. The molecule has 0 saturated heterocycles. The molecule has 2 aromatic rings. The maximum Gasteiger partial charge on any atom is 0.227 e. The highest BCUT2D eigenvalue weighted by molar-refractivity contribution is 5.63. The lowest BCUT2D eigenvalue weighted by Crippen LogP contribution is -2.51. The van der Waals surface area contributed by atoms with Crippen LogP contribution in [0.5, 0.6) is 0 Å². The Balaban J connectivity index is 1.59. The van der Waals surface area contributed by atoms with Crippen molar-refractivity contribution in [3.8, 4) is 11.3 Å². The summed E-state index contributed by atoms with van der Waals surface area (Å²) in [5.41, 5.74) is 15.7. The average Bonchev–Trinajstić information content (AvgIpc) is 3.03. The summed E-state index contributed by atoms with van der Waals surface area (Å²) < 4.78 is 2.08. The Bertz CT molecular complexity index is 847. The Morgan fingerprint density at radius 3 is 3.08 bits per heavy atom. The van der Waals surface area contributed by atoms with Crippen molar-refractivity contribution in [2.75, 3.05) is 5.32 Å². The van der Waals surface area contributed by atoms with E-state index in [-0.39, 0.29) is 6.04 Å². The lowest BCUT2D eigenvalue weighted by molar-refractivity contribution is 0.487. The van der Waals surface area contributed by atoms with Gasteiger partial charge >= 0.3 is 0 Å². The average molecular weight is 337 g/mol. The third-order valence-electron chi connectivity index (χ3n) is 4.87. The number of allylic oxidation sites excluding steroid dienone is 1. The van der Waals surface area contributed by atoms with Crippen LogP contribution < -0.4 is 16.8 Å². The van der Waals surface area contributed by atoms with Crippen molar-refractivity contribution in [2.24, 2.45) is 11.5 Å². The topological polar surface area (TPSA) is 108 Å². The summed E-state index contributed by atoms with van der Waals surface area (Å²) in [6.45, 7) is 2.89. The summed E-state index contributed by atoms with van der Waals surface area (Å²) in [5.74, 6) is 0.539. The van der Waals surface area contributed by atoms with E-state index in [1.165, 1.54) is 18.5 Å². The first-order valence-corrected chi connectivity index (χ1v) is 8.63. The molecule has 2 atom stereocenters. The number of anilines is 1. The van der Waals surface area contributed by atoms with Crippen LogP contribution in [0.15, 0.2) is 42.4 Å². The van der Waals surface area contributed by atoms with Gasteiger partial charge in [-0.15, -0.1) is 0 Å². The van der Waals surface area contributed by atoms with Gasteiger partial charge in [-0.25, -0.2) is 9.97 Å². The Morgan fingerprint density at radius 1 is 1.36 bits per heavy atom. The first-order chi connectivity index (χ1) is 12.0. The van der Waals surface area contributed by atoms with Crippen LogP contribution in [0.4, 0.5) is 5.95 Å². The van der Waals surface area contributed by atoms with Gasteiger partial charge in [-0.2, -0.15) is 5.10 Å². The molecule has 0 radical (unpaired) electrons. The van der Waals surface area contributed by atoms with Crippen LogP contribution in [-0.2, 0) is 13.0 Å². The zero-order chi connectivity index (χ0) is 17.4. The number of hydrogen-bond acceptors (Lipinski definition) is 6. The smallest absolute Gasteiger partial charge is 0.227 e. The van der Waals surface area contributed by atoms with Crippen molar-refractivity contribution in [1.82, 2.24) is 19.7 Å². The van der Waals surface area contributed by atoms with Gasteiger partial charge in [0.05, 0.1) is 17.4 Å². The van der Waals surface area contributed by atoms with E-state index in [0.29, 0.717) is 5.95 Å². The van der Waals surface area contributed by atoms with Gasteiger partial charge in [0.25, 0.3) is 0 Å². The highest BCUT2D eigenvalue weighted by Gasteiger charge is 2.25. The molecule has 4 rings (SSSR count). The minimum absolute atomic E-state index is 0.258. The van der Waals surface area contributed by atoms with E-state index in [2.05, 4.69) is 25.1 Å². The Labute approximate surface area is 146 Å². The minimum atomic E-state index is -0.537. The van der Waals surface area contributed by atoms with Crippen LogP contribution in [0.2, 0.25) is 0 Å². The molecule has 7 nitrogen and oxygen atoms in total. The Hall–Kier alpha value is -2.51. The van der Waals surface area contributed by atoms with Crippen LogP contribution in [-0.4, -0.2) is 31.3 Å². The summed E-state index contributed by atoms with van der Waals surface area (Å²) in [4.78, 5) is 8.98. The molecule has 2 aromatic heterocycles. The summed E-state index contributed by atoms with van der Waals surface area (Å²) in [6.07, 6.45) is 12.8. The zero-order valence-electron chi connectivity index (χ0n) is 14.3. The standard InChI is InChI=1S/C18H23N7/c1-18(20)7-5-12(10-16(18)19)23-17-21-8-6-14(24-17)13-11-22-25-9-3-2-4-15(13)25/h5-8,10-11,16H,2-4,9,19-20H2,1H3,(H,21,23,24). The quantitative estimate of drug-likeness (QED) is 0.785. The monoisotopic (exact) mass is 337 g/mol. The third kappa shape index (κ3) is 3.08. The highest BCUT2D eigenvalue weighted by Crippen LogP contribution is 2.27. The molecule has 0 aromatic carbocycles. The van der Waals surface area contributed by atoms with E-state index in [4.69, 9.17) is 11.5 Å². The molecule has 7 heteroatoms. The number of nitrogens with two attached hydrogens (primary N) is 2. The van der Waals surface area contributed by atoms with Gasteiger partial charge in [-0.1, -0.05) is 6.08 Å². The number of aryl methyl sites for hydroxylation is 1. The van der Waals surface area contributed by atoms with Crippen LogP contribution in [0, 0.1) is 0 Å². The molecule has 1 aliphatic heterocycles. The molecule has 25 heavy (non-hydrogen) atoms. The number of nitrogens with zero attached hydrogens (tertiary/aromatic N) is 4. The van der Waals surface area contributed by atoms with E-state index in [0.717, 1.165) is 29.9 Å². The van der Waals surface area contributed by atoms with Gasteiger partial charge in [0.15, 0.2) is 0 Å². The predicted octanol–water partition coefficient (Wildman–Crippen LogP) is 1.59. The van der Waals surface area contributed by atoms with E-state index in [1.54, 1.807) is 6.20 Å². The van der Waals surface area contributed by atoms with Gasteiger partial charge in [0.2, 0.25) is 5.95 Å². The molecule has 1 aliphatic carbocycles. The number of aromatic nitrogens is 4. The normalized spacial score (nSPS) is 25.4. The summed E-state index contributed by atoms with van der Waals surface area (Å²) in [7, 11) is 0. The van der Waals surface area contributed by atoms with Crippen LogP contribution in [0.1, 0.15) is 25.5 Å². The van der Waals surface area contributed by atoms with Gasteiger partial charge in [-0.3, -0.25) is 4.68 Å². The maximum atomic E-state index is 6.11. The number of rotatable bonds is 3. The summed E-state index contributed by atoms with van der Waals surface area (Å²) >= 11 is 0. The SMILES string of the molecule is CC1(N)C=CC(Nc2nccc(-c3cnn4c3CCCC4)n2)=CC1N. The highest BCUT2D eigenvalue weighted by atomic mass is 15.3. The molecule has 0 saturated carbocycles. The molecular weight excluding hydrogens is 314 g/mol. The predicted molar refractivity (Wildman–Crippen MR) is 97.6 cm³/mol. The molecule has 130 valence electrons. The number of nitrogens with one attached hydrogen (secondary N) is 1. The van der Waals surface area contributed by atoms with E-state index in [9.17, 15) is 0 Å². The van der Waals surface area contributed by atoms with Gasteiger partial charge in [0, 0.05) is 35.7 Å². The Morgan fingerprint density at radius 2 is 2.24 bits per heavy atom. The van der Waals surface area contributed by atoms with Gasteiger partial charge < -0.3 is 16.8 Å². The molecule has 0 amide bonds. The third-order valence-corrected chi connectivity index (χ3v) is 4.87. The van der Waals surface area contributed by atoms with Crippen molar-refractivity contribution in [2.45, 2.75) is 44.3 Å². The van der Waals surface area contributed by atoms with Crippen molar-refractivity contribution < 1.29 is 0 Å². The first-order valence-electron chi connectivity index (χ1n) is 8.63. The number of fused-ring (bicyclic) bond motifs is 1. The van der Waals surface area contributed by atoms with Gasteiger partial charge in [-0.05, 0) is 44.4 Å². The lowest BCUT2D eigenvalue weighted by atomic mass is 9.89. The first kappa shape index (κ1) is 16.0. The van der Waals surface area contributed by atoms with E-state index < -0.39 is 5.54 Å². The molecule has 3 heterocycles. The van der Waals surface area contributed by atoms with Crippen molar-refractivity contribution in [3.05, 3.63) is 48.1 Å². The molecule has 2 aliphatic rings. The van der Waals surface area contributed by atoms with E-state index in [1.807, 2.05) is 37.4 Å². The molecule has 0 fully saturated rings. The van der Waals surface area contributed by atoms with Crippen LogP contribution in [0.25, 0.3) is 11.3 Å². The molecular formula is C18H23N7. The van der Waals surface area contributed by atoms with Crippen LogP contribution >= 0.6 is 0 Å². The van der Waals surface area contributed by atoms with Gasteiger partial charge in [0.1, 0.15) is 0 Å². The summed E-state index contributed by atoms with van der Waals surface area (Å²) in [6, 6.07) is 1.66. The fourth-order valence-corrected chi connectivity index (χ4v) is 3.23. The summed E-state index contributed by atoms with van der Waals surface area (Å²) in [5, 5.41) is 7.71. The second-order valence-corrected chi connectivity index (χ2v) is 6.92. The second-order valence-electron chi connectivity index (χ2n) is 6.92. The van der Waals surface area contributed by atoms with Crippen molar-refractivity contribution in [3.63, 3.8) is 0 Å². The zero-order valence-corrected chi connectivity index (χ0v) is 14.3. The molecule has 2 unspecified atom stereocenters. The van der Waals surface area contributed by atoms with Crippen LogP contribution in [0.3, 0.4) is 0 Å². The number of hydrogen-bond donors (Lipinski definition) is 3. The van der Waals surface area contributed by atoms with E-state index >= 15 is 0 Å². The molecule has 0 spiro atoms. The van der Waals surface area contributed by atoms with Crippen molar-refractivity contribution >= 4 is 5.95 Å². The lowest BCUT2D eigenvalue weighted by Gasteiger charge is -2.29. The molecule has 5 N–H and O–H groups in total. The fourth-order valence-electron chi connectivity index (χ4n) is 3.23. The minimum Gasteiger partial charge on any atom is -0.324 e.